The van der Waals surface area contributed by atoms with Gasteiger partial charge in [-0.2, -0.15) is 13.2 Å². The van der Waals surface area contributed by atoms with Gasteiger partial charge in [0.15, 0.2) is 0 Å². The Balaban J connectivity index is 1.81. The van der Waals surface area contributed by atoms with Crippen LogP contribution in [0.1, 0.15) is 40.8 Å². The average molecular weight is 386 g/mol. The highest BCUT2D eigenvalue weighted by molar-refractivity contribution is 7.17. The summed E-state index contributed by atoms with van der Waals surface area (Å²) in [6, 6.07) is 3.14. The predicted octanol–water partition coefficient (Wildman–Crippen LogP) is 4.17. The van der Waals surface area contributed by atoms with Crippen molar-refractivity contribution < 1.29 is 27.3 Å². The first-order chi connectivity index (χ1) is 12.2. The lowest BCUT2D eigenvalue weighted by Gasteiger charge is -2.31. The van der Waals surface area contributed by atoms with E-state index in [0.29, 0.717) is 22.8 Å². The molecule has 0 bridgehead atoms. The maximum Gasteiger partial charge on any atom is 0.452 e. The van der Waals surface area contributed by atoms with Gasteiger partial charge in [0, 0.05) is 24.6 Å². The molecule has 0 N–H and O–H groups in total. The Bertz CT molecular complexity index is 841. The largest absolute Gasteiger partial charge is 0.452 e. The van der Waals surface area contributed by atoms with Crippen molar-refractivity contribution in [3.05, 3.63) is 28.3 Å². The SMILES string of the molecule is CC(=O)[C@@H]1CCCN(C(=O)c2ccc(-c3noc(C(F)(F)F)c3C)s2)C1. The highest BCUT2D eigenvalue weighted by atomic mass is 32.1. The van der Waals surface area contributed by atoms with Gasteiger partial charge in [-0.15, -0.1) is 11.3 Å². The molecule has 0 saturated carbocycles. The number of hydrogen-bond acceptors (Lipinski definition) is 5. The summed E-state index contributed by atoms with van der Waals surface area (Å²) in [5, 5.41) is 3.52. The van der Waals surface area contributed by atoms with Crippen LogP contribution in [0.25, 0.3) is 10.6 Å². The van der Waals surface area contributed by atoms with E-state index in [1.807, 2.05) is 0 Å². The number of alkyl halides is 3. The van der Waals surface area contributed by atoms with Crippen molar-refractivity contribution in [1.29, 1.82) is 0 Å². The third kappa shape index (κ3) is 3.53. The number of aromatic nitrogens is 1. The Labute approximate surface area is 151 Å². The Morgan fingerprint density at radius 2 is 2.08 bits per heavy atom. The van der Waals surface area contributed by atoms with Crippen molar-refractivity contribution >= 4 is 23.0 Å². The molecule has 0 unspecified atom stereocenters. The van der Waals surface area contributed by atoms with E-state index >= 15 is 0 Å². The van der Waals surface area contributed by atoms with Crippen LogP contribution in [0.3, 0.4) is 0 Å². The number of hydrogen-bond donors (Lipinski definition) is 0. The lowest BCUT2D eigenvalue weighted by molar-refractivity contribution is -0.156. The molecule has 1 amide bonds. The number of ketones is 1. The molecule has 5 nitrogen and oxygen atoms in total. The summed E-state index contributed by atoms with van der Waals surface area (Å²) in [5.74, 6) is -1.44. The van der Waals surface area contributed by atoms with Gasteiger partial charge < -0.3 is 9.42 Å². The first-order valence-corrected chi connectivity index (χ1v) is 8.93. The minimum atomic E-state index is -4.61. The number of rotatable bonds is 3. The van der Waals surface area contributed by atoms with Gasteiger partial charge in [-0.25, -0.2) is 0 Å². The molecule has 1 fully saturated rings. The lowest BCUT2D eigenvalue weighted by Crippen LogP contribution is -2.41. The fraction of sp³-hybridized carbons (Fsp3) is 0.471. The molecule has 0 aliphatic carbocycles. The fourth-order valence-electron chi connectivity index (χ4n) is 3.06. The number of amides is 1. The van der Waals surface area contributed by atoms with Gasteiger partial charge in [0.2, 0.25) is 5.76 Å². The molecule has 1 saturated heterocycles. The van der Waals surface area contributed by atoms with Crippen LogP contribution >= 0.6 is 11.3 Å². The first kappa shape index (κ1) is 18.6. The van der Waals surface area contributed by atoms with Gasteiger partial charge in [0.1, 0.15) is 11.5 Å². The third-order valence-corrected chi connectivity index (χ3v) is 5.60. The van der Waals surface area contributed by atoms with Crippen LogP contribution in [0.5, 0.6) is 0 Å². The van der Waals surface area contributed by atoms with Gasteiger partial charge >= 0.3 is 6.18 Å². The molecule has 1 aliphatic heterocycles. The number of likely N-dealkylation sites (tertiary alicyclic amines) is 1. The molecule has 1 atom stereocenters. The molecule has 0 spiro atoms. The highest BCUT2D eigenvalue weighted by Crippen LogP contribution is 2.38. The predicted molar refractivity (Wildman–Crippen MR) is 88.9 cm³/mol. The molecular weight excluding hydrogens is 369 g/mol. The zero-order chi connectivity index (χ0) is 19.1. The molecule has 140 valence electrons. The molecule has 2 aromatic heterocycles. The standard InChI is InChI=1S/C17H17F3N2O3S/c1-9-14(21-25-15(9)17(18,19)20)12-5-6-13(26-12)16(24)22-7-3-4-11(8-22)10(2)23/h5-6,11H,3-4,7-8H2,1-2H3/t11-/m1/s1. The minimum Gasteiger partial charge on any atom is -0.351 e. The van der Waals surface area contributed by atoms with Crippen LogP contribution in [0, 0.1) is 12.8 Å². The molecule has 1 aliphatic rings. The number of thiophene rings is 1. The molecule has 3 heterocycles. The van der Waals surface area contributed by atoms with E-state index in [1.165, 1.54) is 13.8 Å². The molecule has 3 rings (SSSR count). The minimum absolute atomic E-state index is 0.0623. The molecule has 26 heavy (non-hydrogen) atoms. The second kappa shape index (κ2) is 6.86. The monoisotopic (exact) mass is 386 g/mol. The molecular formula is C17H17F3N2O3S. The van der Waals surface area contributed by atoms with E-state index in [2.05, 4.69) is 9.68 Å². The second-order valence-electron chi connectivity index (χ2n) is 6.35. The van der Waals surface area contributed by atoms with Crippen LogP contribution in [-0.2, 0) is 11.0 Å². The number of Topliss-reactive ketones (excluding diaryl/α,β-unsaturated/α-hetero) is 1. The normalized spacial score (nSPS) is 18.2. The van der Waals surface area contributed by atoms with E-state index in [9.17, 15) is 22.8 Å². The molecule has 0 radical (unpaired) electrons. The number of halogens is 3. The molecule has 9 heteroatoms. The second-order valence-corrected chi connectivity index (χ2v) is 7.43. The van der Waals surface area contributed by atoms with E-state index in [1.54, 1.807) is 17.0 Å². The summed E-state index contributed by atoms with van der Waals surface area (Å²) < 4.78 is 43.0. The summed E-state index contributed by atoms with van der Waals surface area (Å²) in [5.41, 5.74) is -0.0189. The topological polar surface area (TPSA) is 63.4 Å². The Morgan fingerprint density at radius 3 is 2.69 bits per heavy atom. The van der Waals surface area contributed by atoms with Crippen LogP contribution in [0.2, 0.25) is 0 Å². The van der Waals surface area contributed by atoms with E-state index < -0.39 is 11.9 Å². The Kier molecular flexibility index (Phi) is 4.92. The lowest BCUT2D eigenvalue weighted by atomic mass is 9.94. The number of nitrogens with zero attached hydrogens (tertiary/aromatic N) is 2. The fourth-order valence-corrected chi connectivity index (χ4v) is 4.07. The van der Waals surface area contributed by atoms with Crippen molar-refractivity contribution in [1.82, 2.24) is 10.1 Å². The van der Waals surface area contributed by atoms with Gasteiger partial charge in [-0.05, 0) is 38.8 Å². The summed E-state index contributed by atoms with van der Waals surface area (Å²) in [4.78, 5) is 26.7. The van der Waals surface area contributed by atoms with Crippen molar-refractivity contribution in [3.63, 3.8) is 0 Å². The van der Waals surface area contributed by atoms with E-state index in [0.717, 1.165) is 24.2 Å². The molecule has 2 aromatic rings. The molecule has 0 aromatic carbocycles. The maximum absolute atomic E-state index is 12.8. The third-order valence-electron chi connectivity index (χ3n) is 4.52. The summed E-state index contributed by atoms with van der Waals surface area (Å²) in [6.07, 6.45) is -3.08. The Hall–Kier alpha value is -2.16. The van der Waals surface area contributed by atoms with Gasteiger partial charge in [-0.3, -0.25) is 9.59 Å². The number of piperidine rings is 1. The zero-order valence-electron chi connectivity index (χ0n) is 14.2. The van der Waals surface area contributed by atoms with Crippen LogP contribution in [-0.4, -0.2) is 34.8 Å². The summed E-state index contributed by atoms with van der Waals surface area (Å²) in [7, 11) is 0. The van der Waals surface area contributed by atoms with Crippen molar-refractivity contribution in [2.45, 2.75) is 32.9 Å². The van der Waals surface area contributed by atoms with Crippen LogP contribution in [0.4, 0.5) is 13.2 Å². The van der Waals surface area contributed by atoms with Gasteiger partial charge in [-0.1, -0.05) is 5.16 Å². The van der Waals surface area contributed by atoms with Crippen LogP contribution in [0.15, 0.2) is 16.7 Å². The van der Waals surface area contributed by atoms with Gasteiger partial charge in [0.25, 0.3) is 5.91 Å². The van der Waals surface area contributed by atoms with E-state index in [-0.39, 0.29) is 28.9 Å². The van der Waals surface area contributed by atoms with Gasteiger partial charge in [0.05, 0.1) is 9.75 Å². The highest BCUT2D eigenvalue weighted by Gasteiger charge is 2.39. The number of carbonyl (C=O) groups is 2. The summed E-state index contributed by atoms with van der Waals surface area (Å²) >= 11 is 1.07. The first-order valence-electron chi connectivity index (χ1n) is 8.12. The van der Waals surface area contributed by atoms with Crippen LogP contribution < -0.4 is 0 Å². The van der Waals surface area contributed by atoms with Crippen molar-refractivity contribution in [2.75, 3.05) is 13.1 Å². The average Bonchev–Trinajstić information content (AvgIpc) is 3.20. The smallest absolute Gasteiger partial charge is 0.351 e. The van der Waals surface area contributed by atoms with Crippen molar-refractivity contribution in [2.24, 2.45) is 5.92 Å². The van der Waals surface area contributed by atoms with E-state index in [4.69, 9.17) is 0 Å². The Morgan fingerprint density at radius 1 is 1.35 bits per heavy atom. The zero-order valence-corrected chi connectivity index (χ0v) is 15.0. The maximum atomic E-state index is 12.8. The summed E-state index contributed by atoms with van der Waals surface area (Å²) in [6.45, 7) is 3.76. The van der Waals surface area contributed by atoms with Crippen molar-refractivity contribution in [3.8, 4) is 10.6 Å². The number of carbonyl (C=O) groups excluding carboxylic acids is 2. The quantitative estimate of drug-likeness (QED) is 0.794.